The summed E-state index contributed by atoms with van der Waals surface area (Å²) in [5.74, 6) is -0.457. The van der Waals surface area contributed by atoms with Gasteiger partial charge >= 0.3 is 0 Å². The Kier molecular flexibility index (Phi) is 6.62. The minimum Gasteiger partial charge on any atom is -0.350 e. The molecule has 0 aromatic heterocycles. The van der Waals surface area contributed by atoms with Gasteiger partial charge in [0.05, 0.1) is 4.90 Å². The monoisotopic (exact) mass is 455 g/mol. The molecule has 7 nitrogen and oxygen atoms in total. The minimum atomic E-state index is -3.78. The highest BCUT2D eigenvalue weighted by Gasteiger charge is 2.44. The van der Waals surface area contributed by atoms with E-state index in [4.69, 9.17) is 0 Å². The SMILES string of the molecule is Cc1cccc(S(=O)(=O)N2CCC[C@H]2C(=O)N2CCC[C@@H]2C(=O)NCc2ccccc2)c1. The van der Waals surface area contributed by atoms with Crippen molar-refractivity contribution in [2.24, 2.45) is 0 Å². The molecule has 170 valence electrons. The lowest BCUT2D eigenvalue weighted by atomic mass is 10.1. The summed E-state index contributed by atoms with van der Waals surface area (Å²) in [6.07, 6.45) is 2.41. The molecule has 32 heavy (non-hydrogen) atoms. The predicted octanol–water partition coefficient (Wildman–Crippen LogP) is 2.46. The second-order valence-electron chi connectivity index (χ2n) is 8.48. The van der Waals surface area contributed by atoms with Crippen molar-refractivity contribution in [1.29, 1.82) is 0 Å². The Morgan fingerprint density at radius 2 is 1.69 bits per heavy atom. The van der Waals surface area contributed by atoms with Gasteiger partial charge in [0.1, 0.15) is 12.1 Å². The maximum absolute atomic E-state index is 13.4. The Balaban J connectivity index is 1.47. The molecule has 2 aromatic carbocycles. The number of carbonyl (C=O) groups excluding carboxylic acids is 2. The first-order chi connectivity index (χ1) is 15.4. The van der Waals surface area contributed by atoms with Gasteiger partial charge in [0.15, 0.2) is 0 Å². The van der Waals surface area contributed by atoms with Crippen LogP contribution >= 0.6 is 0 Å². The Bertz CT molecular complexity index is 1090. The fourth-order valence-electron chi connectivity index (χ4n) is 4.58. The molecule has 0 aliphatic carbocycles. The second-order valence-corrected chi connectivity index (χ2v) is 10.4. The average molecular weight is 456 g/mol. The number of nitrogens with one attached hydrogen (secondary N) is 1. The van der Waals surface area contributed by atoms with E-state index in [9.17, 15) is 18.0 Å². The zero-order chi connectivity index (χ0) is 22.7. The molecule has 0 bridgehead atoms. The van der Waals surface area contributed by atoms with Crippen LogP contribution in [0.5, 0.6) is 0 Å². The van der Waals surface area contributed by atoms with E-state index in [1.165, 1.54) is 4.31 Å². The quantitative estimate of drug-likeness (QED) is 0.725. The molecule has 2 aromatic rings. The standard InChI is InChI=1S/C24H29N3O4S/c1-18-8-5-11-20(16-18)32(30,31)27-15-7-13-22(27)24(29)26-14-6-12-21(26)23(28)25-17-19-9-3-2-4-10-19/h2-5,8-11,16,21-22H,6-7,12-15,17H2,1H3,(H,25,28)/t21-,22+/m1/s1. The largest absolute Gasteiger partial charge is 0.350 e. The van der Waals surface area contributed by atoms with E-state index in [0.29, 0.717) is 38.9 Å². The van der Waals surface area contributed by atoms with Crippen molar-refractivity contribution in [2.45, 2.75) is 56.1 Å². The lowest BCUT2D eigenvalue weighted by Gasteiger charge is -2.30. The summed E-state index contributed by atoms with van der Waals surface area (Å²) in [6, 6.07) is 15.0. The Morgan fingerprint density at radius 1 is 0.969 bits per heavy atom. The van der Waals surface area contributed by atoms with Crippen LogP contribution in [0.4, 0.5) is 0 Å². The van der Waals surface area contributed by atoms with E-state index in [1.54, 1.807) is 23.1 Å². The van der Waals surface area contributed by atoms with Crippen LogP contribution in [0.25, 0.3) is 0 Å². The van der Waals surface area contributed by atoms with Gasteiger partial charge in [-0.05, 0) is 55.9 Å². The fourth-order valence-corrected chi connectivity index (χ4v) is 6.34. The first kappa shape index (κ1) is 22.5. The molecule has 2 saturated heterocycles. The number of sulfonamides is 1. The summed E-state index contributed by atoms with van der Waals surface area (Å²) < 4.78 is 27.9. The normalized spacial score (nSPS) is 21.6. The molecule has 2 heterocycles. The Labute approximate surface area is 189 Å². The number of aryl methyl sites for hydroxylation is 1. The van der Waals surface area contributed by atoms with E-state index >= 15 is 0 Å². The van der Waals surface area contributed by atoms with Gasteiger partial charge < -0.3 is 10.2 Å². The Hall–Kier alpha value is -2.71. The maximum atomic E-state index is 13.4. The van der Waals surface area contributed by atoms with Crippen molar-refractivity contribution in [3.05, 3.63) is 65.7 Å². The summed E-state index contributed by atoms with van der Waals surface area (Å²) in [6.45, 7) is 3.02. The van der Waals surface area contributed by atoms with Gasteiger partial charge in [-0.1, -0.05) is 42.5 Å². The second kappa shape index (κ2) is 9.42. The van der Waals surface area contributed by atoms with Gasteiger partial charge in [-0.25, -0.2) is 8.42 Å². The van der Waals surface area contributed by atoms with Gasteiger partial charge in [0, 0.05) is 19.6 Å². The van der Waals surface area contributed by atoms with Crippen molar-refractivity contribution in [2.75, 3.05) is 13.1 Å². The maximum Gasteiger partial charge on any atom is 0.243 e. The number of carbonyl (C=O) groups is 2. The first-order valence-corrected chi connectivity index (χ1v) is 12.5. The summed E-state index contributed by atoms with van der Waals surface area (Å²) in [5, 5.41) is 2.93. The molecule has 2 amide bonds. The predicted molar refractivity (Wildman–Crippen MR) is 121 cm³/mol. The summed E-state index contributed by atoms with van der Waals surface area (Å²) in [4.78, 5) is 28.1. The van der Waals surface area contributed by atoms with Crippen molar-refractivity contribution in [3.8, 4) is 0 Å². The van der Waals surface area contributed by atoms with Gasteiger partial charge in [0.25, 0.3) is 0 Å². The van der Waals surface area contributed by atoms with E-state index in [0.717, 1.165) is 17.5 Å². The van der Waals surface area contributed by atoms with Crippen LogP contribution in [0, 0.1) is 6.92 Å². The molecular formula is C24H29N3O4S. The van der Waals surface area contributed by atoms with Crippen LogP contribution in [-0.4, -0.2) is 54.6 Å². The van der Waals surface area contributed by atoms with Gasteiger partial charge in [-0.2, -0.15) is 4.31 Å². The topological polar surface area (TPSA) is 86.8 Å². The number of rotatable bonds is 6. The molecule has 8 heteroatoms. The molecule has 0 unspecified atom stereocenters. The molecule has 0 radical (unpaired) electrons. The molecule has 2 atom stereocenters. The Morgan fingerprint density at radius 3 is 2.44 bits per heavy atom. The number of amides is 2. The molecular weight excluding hydrogens is 426 g/mol. The molecule has 2 fully saturated rings. The highest BCUT2D eigenvalue weighted by molar-refractivity contribution is 7.89. The molecule has 1 N–H and O–H groups in total. The first-order valence-electron chi connectivity index (χ1n) is 11.1. The number of likely N-dealkylation sites (tertiary alicyclic amines) is 1. The number of nitrogens with zero attached hydrogens (tertiary/aromatic N) is 2. The van der Waals surface area contributed by atoms with Crippen molar-refractivity contribution >= 4 is 21.8 Å². The average Bonchev–Trinajstić information content (AvgIpc) is 3.48. The third-order valence-electron chi connectivity index (χ3n) is 6.23. The van der Waals surface area contributed by atoms with Gasteiger partial charge in [-0.15, -0.1) is 0 Å². The van der Waals surface area contributed by atoms with E-state index < -0.39 is 22.1 Å². The lowest BCUT2D eigenvalue weighted by molar-refractivity contribution is -0.140. The van der Waals surface area contributed by atoms with Gasteiger partial charge in [0.2, 0.25) is 21.8 Å². The highest BCUT2D eigenvalue weighted by atomic mass is 32.2. The number of hydrogen-bond donors (Lipinski definition) is 1. The summed E-state index contributed by atoms with van der Waals surface area (Å²) in [7, 11) is -3.78. The third kappa shape index (κ3) is 4.56. The van der Waals surface area contributed by atoms with Crippen LogP contribution in [-0.2, 0) is 26.2 Å². The number of hydrogen-bond acceptors (Lipinski definition) is 4. The van der Waals surface area contributed by atoms with Crippen LogP contribution in [0.3, 0.4) is 0 Å². The molecule has 0 saturated carbocycles. The van der Waals surface area contributed by atoms with E-state index in [2.05, 4.69) is 5.32 Å². The molecule has 2 aliphatic rings. The van der Waals surface area contributed by atoms with Crippen LogP contribution in [0.2, 0.25) is 0 Å². The van der Waals surface area contributed by atoms with Crippen molar-refractivity contribution < 1.29 is 18.0 Å². The lowest BCUT2D eigenvalue weighted by Crippen LogP contribution is -2.52. The highest BCUT2D eigenvalue weighted by Crippen LogP contribution is 2.30. The van der Waals surface area contributed by atoms with E-state index in [-0.39, 0.29) is 16.7 Å². The van der Waals surface area contributed by atoms with E-state index in [1.807, 2.05) is 43.3 Å². The minimum absolute atomic E-state index is 0.189. The zero-order valence-electron chi connectivity index (χ0n) is 18.2. The van der Waals surface area contributed by atoms with Crippen LogP contribution < -0.4 is 5.32 Å². The molecule has 4 rings (SSSR count). The van der Waals surface area contributed by atoms with Crippen LogP contribution in [0.15, 0.2) is 59.5 Å². The molecule has 0 spiro atoms. The zero-order valence-corrected chi connectivity index (χ0v) is 19.1. The summed E-state index contributed by atoms with van der Waals surface area (Å²) >= 11 is 0. The fraction of sp³-hybridized carbons (Fsp3) is 0.417. The summed E-state index contributed by atoms with van der Waals surface area (Å²) in [5.41, 5.74) is 1.84. The number of benzene rings is 2. The van der Waals surface area contributed by atoms with Gasteiger partial charge in [-0.3, -0.25) is 9.59 Å². The van der Waals surface area contributed by atoms with Crippen molar-refractivity contribution in [1.82, 2.24) is 14.5 Å². The van der Waals surface area contributed by atoms with Crippen molar-refractivity contribution in [3.63, 3.8) is 0 Å². The molecule has 2 aliphatic heterocycles. The smallest absolute Gasteiger partial charge is 0.243 e. The van der Waals surface area contributed by atoms with Crippen LogP contribution in [0.1, 0.15) is 36.8 Å². The third-order valence-corrected chi connectivity index (χ3v) is 8.14.